The van der Waals surface area contributed by atoms with Crippen LogP contribution in [0.25, 0.3) is 0 Å². The smallest absolute Gasteiger partial charge is 0.407 e. The lowest BCUT2D eigenvalue weighted by molar-refractivity contribution is 0.0528. The maximum atomic E-state index is 11.3. The third-order valence-electron chi connectivity index (χ3n) is 1.80. The fourth-order valence-corrected chi connectivity index (χ4v) is 1.17. The van der Waals surface area contributed by atoms with Crippen molar-refractivity contribution in [2.45, 2.75) is 32.8 Å². The minimum atomic E-state index is -0.446. The second-order valence-corrected chi connectivity index (χ2v) is 4.54. The summed E-state index contributed by atoms with van der Waals surface area (Å²) in [6.07, 6.45) is 3.89. The fourth-order valence-electron chi connectivity index (χ4n) is 1.17. The lowest BCUT2D eigenvalue weighted by atomic mass is 10.2. The SMILES string of the molecule is CC(C)(C)OC(=O)NCCc1cccnc1. The molecule has 4 heteroatoms. The highest BCUT2D eigenvalue weighted by molar-refractivity contribution is 5.67. The topological polar surface area (TPSA) is 51.2 Å². The van der Waals surface area contributed by atoms with Crippen molar-refractivity contribution in [3.8, 4) is 0 Å². The van der Waals surface area contributed by atoms with Gasteiger partial charge in [0.05, 0.1) is 0 Å². The minimum Gasteiger partial charge on any atom is -0.444 e. The van der Waals surface area contributed by atoms with E-state index in [0.717, 1.165) is 12.0 Å². The van der Waals surface area contributed by atoms with E-state index in [1.165, 1.54) is 0 Å². The Balaban J connectivity index is 2.24. The number of rotatable bonds is 3. The highest BCUT2D eigenvalue weighted by Crippen LogP contribution is 2.06. The first-order valence-corrected chi connectivity index (χ1v) is 5.33. The van der Waals surface area contributed by atoms with Gasteiger partial charge in [-0.3, -0.25) is 4.98 Å². The molecule has 1 heterocycles. The number of ether oxygens (including phenoxy) is 1. The van der Waals surface area contributed by atoms with E-state index < -0.39 is 5.60 Å². The van der Waals surface area contributed by atoms with E-state index in [4.69, 9.17) is 4.74 Å². The van der Waals surface area contributed by atoms with Gasteiger partial charge in [0.1, 0.15) is 5.60 Å². The van der Waals surface area contributed by atoms with Crippen molar-refractivity contribution in [1.82, 2.24) is 10.3 Å². The molecular weight excluding hydrogens is 204 g/mol. The van der Waals surface area contributed by atoms with E-state index in [9.17, 15) is 4.79 Å². The minimum absolute atomic E-state index is 0.378. The number of carbonyl (C=O) groups is 1. The number of aromatic nitrogens is 1. The molecule has 0 saturated carbocycles. The van der Waals surface area contributed by atoms with Crippen molar-refractivity contribution in [3.63, 3.8) is 0 Å². The summed E-state index contributed by atoms with van der Waals surface area (Å²) in [5.74, 6) is 0. The predicted molar refractivity (Wildman–Crippen MR) is 62.2 cm³/mol. The second-order valence-electron chi connectivity index (χ2n) is 4.54. The summed E-state index contributed by atoms with van der Waals surface area (Å²) in [4.78, 5) is 15.3. The summed E-state index contributed by atoms with van der Waals surface area (Å²) in [5, 5.41) is 2.70. The van der Waals surface area contributed by atoms with Gasteiger partial charge in [-0.1, -0.05) is 6.07 Å². The van der Waals surface area contributed by atoms with Gasteiger partial charge in [0.25, 0.3) is 0 Å². The highest BCUT2D eigenvalue weighted by atomic mass is 16.6. The number of hydrogen-bond acceptors (Lipinski definition) is 3. The van der Waals surface area contributed by atoms with Gasteiger partial charge in [-0.2, -0.15) is 0 Å². The largest absolute Gasteiger partial charge is 0.444 e. The molecule has 0 aliphatic carbocycles. The van der Waals surface area contributed by atoms with Gasteiger partial charge in [-0.25, -0.2) is 4.79 Å². The summed E-state index contributed by atoms with van der Waals surface area (Å²) >= 11 is 0. The van der Waals surface area contributed by atoms with Crippen LogP contribution in [-0.4, -0.2) is 23.2 Å². The second kappa shape index (κ2) is 5.49. The maximum Gasteiger partial charge on any atom is 0.407 e. The molecule has 1 rings (SSSR count). The predicted octanol–water partition coefficient (Wildman–Crippen LogP) is 2.15. The average Bonchev–Trinajstić information content (AvgIpc) is 2.16. The van der Waals surface area contributed by atoms with E-state index in [2.05, 4.69) is 10.3 Å². The van der Waals surface area contributed by atoms with Crippen LogP contribution in [0.1, 0.15) is 26.3 Å². The molecular formula is C12H18N2O2. The molecule has 1 aromatic rings. The zero-order chi connectivity index (χ0) is 12.0. The Bertz CT molecular complexity index is 331. The van der Waals surface area contributed by atoms with Gasteiger partial charge >= 0.3 is 6.09 Å². The molecule has 16 heavy (non-hydrogen) atoms. The Morgan fingerprint density at radius 1 is 1.50 bits per heavy atom. The quantitative estimate of drug-likeness (QED) is 0.852. The normalized spacial score (nSPS) is 10.9. The Morgan fingerprint density at radius 2 is 2.25 bits per heavy atom. The van der Waals surface area contributed by atoms with Crippen LogP contribution in [-0.2, 0) is 11.2 Å². The van der Waals surface area contributed by atoms with Crippen molar-refractivity contribution in [2.75, 3.05) is 6.54 Å². The van der Waals surface area contributed by atoms with Gasteiger partial charge in [0.15, 0.2) is 0 Å². The fraction of sp³-hybridized carbons (Fsp3) is 0.500. The number of nitrogens with zero attached hydrogens (tertiary/aromatic N) is 1. The Kier molecular flexibility index (Phi) is 4.28. The summed E-state index contributed by atoms with van der Waals surface area (Å²) in [6, 6.07) is 3.85. The van der Waals surface area contributed by atoms with E-state index in [-0.39, 0.29) is 6.09 Å². The van der Waals surface area contributed by atoms with E-state index >= 15 is 0 Å². The number of nitrogens with one attached hydrogen (secondary N) is 1. The Labute approximate surface area is 96.0 Å². The Morgan fingerprint density at radius 3 is 2.81 bits per heavy atom. The molecule has 0 spiro atoms. The van der Waals surface area contributed by atoms with Crippen molar-refractivity contribution in [3.05, 3.63) is 30.1 Å². The standard InChI is InChI=1S/C12H18N2O2/c1-12(2,3)16-11(15)14-8-6-10-5-4-7-13-9-10/h4-5,7,9H,6,8H2,1-3H3,(H,14,15). The molecule has 1 amide bonds. The zero-order valence-electron chi connectivity index (χ0n) is 9.99. The van der Waals surface area contributed by atoms with Crippen LogP contribution >= 0.6 is 0 Å². The van der Waals surface area contributed by atoms with Crippen LogP contribution in [0, 0.1) is 0 Å². The Hall–Kier alpha value is -1.58. The van der Waals surface area contributed by atoms with Crippen LogP contribution in [0.3, 0.4) is 0 Å². The summed E-state index contributed by atoms with van der Waals surface area (Å²) in [6.45, 7) is 6.08. The number of alkyl carbamates (subject to hydrolysis) is 1. The van der Waals surface area contributed by atoms with Crippen LogP contribution in [0.5, 0.6) is 0 Å². The summed E-state index contributed by atoms with van der Waals surface area (Å²) in [7, 11) is 0. The summed E-state index contributed by atoms with van der Waals surface area (Å²) < 4.78 is 5.11. The van der Waals surface area contributed by atoms with E-state index in [1.807, 2.05) is 32.9 Å². The van der Waals surface area contributed by atoms with Crippen molar-refractivity contribution < 1.29 is 9.53 Å². The molecule has 0 atom stereocenters. The maximum absolute atomic E-state index is 11.3. The number of hydrogen-bond donors (Lipinski definition) is 1. The molecule has 0 unspecified atom stereocenters. The lowest BCUT2D eigenvalue weighted by Gasteiger charge is -2.19. The van der Waals surface area contributed by atoms with Crippen LogP contribution in [0.2, 0.25) is 0 Å². The van der Waals surface area contributed by atoms with Crippen molar-refractivity contribution in [2.24, 2.45) is 0 Å². The first kappa shape index (κ1) is 12.5. The zero-order valence-corrected chi connectivity index (χ0v) is 9.99. The molecule has 1 N–H and O–H groups in total. The molecule has 88 valence electrons. The molecule has 1 aromatic heterocycles. The van der Waals surface area contributed by atoms with Crippen molar-refractivity contribution in [1.29, 1.82) is 0 Å². The van der Waals surface area contributed by atoms with Gasteiger partial charge in [-0.15, -0.1) is 0 Å². The molecule has 0 bridgehead atoms. The monoisotopic (exact) mass is 222 g/mol. The summed E-state index contributed by atoms with van der Waals surface area (Å²) in [5.41, 5.74) is 0.650. The van der Waals surface area contributed by atoms with Gasteiger partial charge in [0, 0.05) is 18.9 Å². The number of carbonyl (C=O) groups excluding carboxylic acids is 1. The molecule has 0 fully saturated rings. The van der Waals surface area contributed by atoms with E-state index in [0.29, 0.717) is 6.54 Å². The third kappa shape index (κ3) is 5.34. The molecule has 4 nitrogen and oxygen atoms in total. The van der Waals surface area contributed by atoms with E-state index in [1.54, 1.807) is 12.4 Å². The first-order valence-electron chi connectivity index (χ1n) is 5.33. The van der Waals surface area contributed by atoms with Gasteiger partial charge in [0.2, 0.25) is 0 Å². The molecule has 0 radical (unpaired) electrons. The first-order chi connectivity index (χ1) is 7.47. The lowest BCUT2D eigenvalue weighted by Crippen LogP contribution is -2.33. The van der Waals surface area contributed by atoms with Gasteiger partial charge < -0.3 is 10.1 Å². The molecule has 0 aliphatic rings. The molecule has 0 aromatic carbocycles. The van der Waals surface area contributed by atoms with Crippen molar-refractivity contribution >= 4 is 6.09 Å². The van der Waals surface area contributed by atoms with Crippen LogP contribution in [0.4, 0.5) is 4.79 Å². The van der Waals surface area contributed by atoms with Crippen LogP contribution < -0.4 is 5.32 Å². The average molecular weight is 222 g/mol. The third-order valence-corrected chi connectivity index (χ3v) is 1.80. The number of amides is 1. The van der Waals surface area contributed by atoms with Crippen LogP contribution in [0.15, 0.2) is 24.5 Å². The molecule has 0 saturated heterocycles. The number of pyridine rings is 1. The van der Waals surface area contributed by atoms with Gasteiger partial charge in [-0.05, 0) is 38.8 Å². The molecule has 0 aliphatic heterocycles. The highest BCUT2D eigenvalue weighted by Gasteiger charge is 2.15.